The Morgan fingerprint density at radius 3 is 2.78 bits per heavy atom. The van der Waals surface area contributed by atoms with E-state index in [1.807, 2.05) is 42.5 Å². The lowest BCUT2D eigenvalue weighted by Gasteiger charge is -2.10. The van der Waals surface area contributed by atoms with E-state index < -0.39 is 6.10 Å². The van der Waals surface area contributed by atoms with Crippen LogP contribution in [0.3, 0.4) is 0 Å². The van der Waals surface area contributed by atoms with E-state index in [0.717, 1.165) is 11.1 Å². The fraction of sp³-hybridized carbons (Fsp3) is 0.250. The van der Waals surface area contributed by atoms with Gasteiger partial charge in [0, 0.05) is 18.0 Å². The molecule has 0 amide bonds. The maximum Gasteiger partial charge on any atom is 0.206 e. The van der Waals surface area contributed by atoms with Gasteiger partial charge in [-0.3, -0.25) is 4.98 Å². The molecular weight excluding hydrogens is 294 g/mol. The number of rotatable bonds is 7. The molecule has 2 heterocycles. The van der Waals surface area contributed by atoms with Crippen LogP contribution in [0.2, 0.25) is 0 Å². The van der Waals surface area contributed by atoms with Gasteiger partial charge >= 0.3 is 0 Å². The van der Waals surface area contributed by atoms with Crippen molar-refractivity contribution < 1.29 is 9.84 Å². The monoisotopic (exact) mass is 311 g/mol. The molecule has 0 radical (unpaired) electrons. The first-order chi connectivity index (χ1) is 11.3. The first-order valence-corrected chi connectivity index (χ1v) is 7.29. The molecule has 0 spiro atoms. The van der Waals surface area contributed by atoms with Crippen molar-refractivity contribution in [3.63, 3.8) is 0 Å². The molecule has 0 unspecified atom stereocenters. The first kappa shape index (κ1) is 15.3. The highest BCUT2D eigenvalue weighted by Crippen LogP contribution is 2.10. The topological polar surface area (TPSA) is 86.0 Å². The van der Waals surface area contributed by atoms with Crippen molar-refractivity contribution in [3.8, 4) is 11.4 Å². The summed E-state index contributed by atoms with van der Waals surface area (Å²) in [6.07, 6.45) is 2.65. The highest BCUT2D eigenvalue weighted by molar-refractivity contribution is 5.51. The van der Waals surface area contributed by atoms with Crippen molar-refractivity contribution in [2.45, 2.75) is 19.3 Å². The van der Waals surface area contributed by atoms with Crippen molar-refractivity contribution in [2.24, 2.45) is 0 Å². The zero-order valence-corrected chi connectivity index (χ0v) is 12.5. The SMILES string of the molecule is O[C@H](COCc1ccccc1)Cn1nnc(-c2cccnc2)n1. The minimum Gasteiger partial charge on any atom is -0.389 e. The number of aliphatic hydroxyl groups excluding tert-OH is 1. The average molecular weight is 311 g/mol. The zero-order chi connectivity index (χ0) is 15.9. The normalized spacial score (nSPS) is 12.2. The lowest BCUT2D eigenvalue weighted by atomic mass is 10.2. The molecule has 118 valence electrons. The highest BCUT2D eigenvalue weighted by Gasteiger charge is 2.10. The molecule has 7 nitrogen and oxygen atoms in total. The third-order valence-corrected chi connectivity index (χ3v) is 3.17. The summed E-state index contributed by atoms with van der Waals surface area (Å²) in [4.78, 5) is 5.37. The van der Waals surface area contributed by atoms with Crippen LogP contribution in [0.4, 0.5) is 0 Å². The van der Waals surface area contributed by atoms with Crippen molar-refractivity contribution >= 4 is 0 Å². The molecule has 1 N–H and O–H groups in total. The van der Waals surface area contributed by atoms with Gasteiger partial charge in [0.15, 0.2) is 0 Å². The van der Waals surface area contributed by atoms with Gasteiger partial charge < -0.3 is 9.84 Å². The quantitative estimate of drug-likeness (QED) is 0.708. The summed E-state index contributed by atoms with van der Waals surface area (Å²) < 4.78 is 5.50. The summed E-state index contributed by atoms with van der Waals surface area (Å²) in [7, 11) is 0. The Kier molecular flexibility index (Phi) is 5.02. The van der Waals surface area contributed by atoms with Crippen LogP contribution in [0.25, 0.3) is 11.4 Å². The standard InChI is InChI=1S/C16H17N5O2/c22-15(12-23-11-13-5-2-1-3-6-13)10-21-19-16(18-20-21)14-7-4-8-17-9-14/h1-9,15,22H,10-12H2/t15-/m0/s1. The second-order valence-corrected chi connectivity index (χ2v) is 5.06. The molecule has 7 heteroatoms. The van der Waals surface area contributed by atoms with Crippen molar-refractivity contribution in [2.75, 3.05) is 6.61 Å². The lowest BCUT2D eigenvalue weighted by molar-refractivity contribution is 0.0165. The minimum absolute atomic E-state index is 0.207. The molecule has 0 fully saturated rings. The number of hydrogen-bond acceptors (Lipinski definition) is 6. The van der Waals surface area contributed by atoms with E-state index in [-0.39, 0.29) is 13.2 Å². The van der Waals surface area contributed by atoms with Gasteiger partial charge in [0.05, 0.1) is 25.9 Å². The zero-order valence-electron chi connectivity index (χ0n) is 12.5. The van der Waals surface area contributed by atoms with Gasteiger partial charge in [-0.05, 0) is 22.9 Å². The van der Waals surface area contributed by atoms with E-state index in [2.05, 4.69) is 20.4 Å². The van der Waals surface area contributed by atoms with Gasteiger partial charge in [-0.25, -0.2) is 0 Å². The Bertz CT molecular complexity index is 718. The van der Waals surface area contributed by atoms with Crippen LogP contribution >= 0.6 is 0 Å². The van der Waals surface area contributed by atoms with Gasteiger partial charge in [0.25, 0.3) is 0 Å². The smallest absolute Gasteiger partial charge is 0.206 e. The molecule has 1 aromatic carbocycles. The molecule has 1 atom stereocenters. The van der Waals surface area contributed by atoms with Crippen LogP contribution in [0.15, 0.2) is 54.9 Å². The molecule has 3 aromatic rings. The summed E-state index contributed by atoms with van der Waals surface area (Å²) >= 11 is 0. The van der Waals surface area contributed by atoms with Crippen LogP contribution < -0.4 is 0 Å². The number of ether oxygens (including phenoxy) is 1. The second kappa shape index (κ2) is 7.57. The van der Waals surface area contributed by atoms with Crippen LogP contribution in [0.5, 0.6) is 0 Å². The number of hydrogen-bond donors (Lipinski definition) is 1. The number of pyridine rings is 1. The Labute approximate surface area is 133 Å². The third kappa shape index (κ3) is 4.41. The van der Waals surface area contributed by atoms with Gasteiger partial charge in [0.1, 0.15) is 0 Å². The number of aliphatic hydroxyl groups is 1. The number of aromatic nitrogens is 5. The molecule has 0 aliphatic carbocycles. The Morgan fingerprint density at radius 1 is 1.13 bits per heavy atom. The molecule has 3 rings (SSSR count). The van der Waals surface area contributed by atoms with Crippen molar-refractivity contribution in [3.05, 3.63) is 60.4 Å². The van der Waals surface area contributed by atoms with Gasteiger partial charge in [-0.1, -0.05) is 30.3 Å². The molecule has 0 aliphatic rings. The van der Waals surface area contributed by atoms with E-state index in [9.17, 15) is 5.11 Å². The summed E-state index contributed by atoms with van der Waals surface area (Å²) in [6.45, 7) is 0.893. The van der Waals surface area contributed by atoms with E-state index in [1.54, 1.807) is 12.4 Å². The first-order valence-electron chi connectivity index (χ1n) is 7.29. The van der Waals surface area contributed by atoms with Crippen LogP contribution in [-0.2, 0) is 17.9 Å². The van der Waals surface area contributed by atoms with Crippen molar-refractivity contribution in [1.29, 1.82) is 0 Å². The number of tetrazole rings is 1. The molecule has 0 aliphatic heterocycles. The largest absolute Gasteiger partial charge is 0.389 e. The Balaban J connectivity index is 1.48. The molecule has 0 saturated carbocycles. The Morgan fingerprint density at radius 2 is 2.00 bits per heavy atom. The second-order valence-electron chi connectivity index (χ2n) is 5.06. The predicted octanol–water partition coefficient (Wildman–Crippen LogP) is 1.31. The third-order valence-electron chi connectivity index (χ3n) is 3.17. The van der Waals surface area contributed by atoms with Gasteiger partial charge in [-0.15, -0.1) is 10.2 Å². The van der Waals surface area contributed by atoms with E-state index in [1.165, 1.54) is 4.80 Å². The number of nitrogens with zero attached hydrogens (tertiary/aromatic N) is 5. The highest BCUT2D eigenvalue weighted by atomic mass is 16.5. The maximum atomic E-state index is 9.99. The maximum absolute atomic E-state index is 9.99. The van der Waals surface area contributed by atoms with Crippen LogP contribution in [0, 0.1) is 0 Å². The Hall–Kier alpha value is -2.64. The summed E-state index contributed by atoms with van der Waals surface area (Å²) in [6, 6.07) is 13.5. The summed E-state index contributed by atoms with van der Waals surface area (Å²) in [5, 5.41) is 22.1. The molecule has 0 saturated heterocycles. The fourth-order valence-corrected chi connectivity index (χ4v) is 2.06. The van der Waals surface area contributed by atoms with Crippen molar-refractivity contribution in [1.82, 2.24) is 25.2 Å². The molecule has 23 heavy (non-hydrogen) atoms. The average Bonchev–Trinajstić information content (AvgIpc) is 3.05. The fourth-order valence-electron chi connectivity index (χ4n) is 2.06. The van der Waals surface area contributed by atoms with E-state index in [4.69, 9.17) is 4.74 Å². The molecule has 0 bridgehead atoms. The van der Waals surface area contributed by atoms with E-state index >= 15 is 0 Å². The minimum atomic E-state index is -0.699. The molecule has 2 aromatic heterocycles. The van der Waals surface area contributed by atoms with Crippen LogP contribution in [-0.4, -0.2) is 43.0 Å². The van der Waals surface area contributed by atoms with Gasteiger partial charge in [-0.2, -0.15) is 4.80 Å². The van der Waals surface area contributed by atoms with Gasteiger partial charge in [0.2, 0.25) is 5.82 Å². The predicted molar refractivity (Wildman–Crippen MR) is 83.2 cm³/mol. The summed E-state index contributed by atoms with van der Waals surface area (Å²) in [5.74, 6) is 0.482. The summed E-state index contributed by atoms with van der Waals surface area (Å²) in [5.41, 5.74) is 1.85. The number of benzene rings is 1. The van der Waals surface area contributed by atoms with E-state index in [0.29, 0.717) is 12.4 Å². The van der Waals surface area contributed by atoms with Crippen LogP contribution in [0.1, 0.15) is 5.56 Å². The molecular formula is C16H17N5O2. The lowest BCUT2D eigenvalue weighted by Crippen LogP contribution is -2.23.